The number of hydrogen-bond donors (Lipinski definition) is 1. The smallest absolute Gasteiger partial charge is 0.326 e. The largest absolute Gasteiger partial charge is 0.341 e. The number of aliphatic imine (C=N–C) groups is 1. The molecule has 0 bridgehead atoms. The van der Waals surface area contributed by atoms with E-state index in [1.807, 2.05) is 0 Å². The van der Waals surface area contributed by atoms with Gasteiger partial charge in [0.25, 0.3) is 0 Å². The van der Waals surface area contributed by atoms with Crippen LogP contribution in [0, 0.1) is 0 Å². The molecule has 0 radical (unpaired) electrons. The normalized spacial score (nSPS) is 27.8. The van der Waals surface area contributed by atoms with Gasteiger partial charge in [-0.2, -0.15) is 0 Å². The van der Waals surface area contributed by atoms with E-state index < -0.39 is 0 Å². The molecule has 3 nitrogen and oxygen atoms in total. The van der Waals surface area contributed by atoms with Crippen LogP contribution in [0.2, 0.25) is 0 Å². The van der Waals surface area contributed by atoms with Gasteiger partial charge in [0.15, 0.2) is 0 Å². The molecule has 1 fully saturated rings. The van der Waals surface area contributed by atoms with Crippen molar-refractivity contribution >= 4 is 12.2 Å². The first kappa shape index (κ1) is 5.89. The zero-order valence-corrected chi connectivity index (χ0v) is 5.76. The summed E-state index contributed by atoms with van der Waals surface area (Å²) in [7, 11) is 0. The Morgan fingerprint density at radius 1 is 1.50 bits per heavy atom. The van der Waals surface area contributed by atoms with Gasteiger partial charge in [-0.1, -0.05) is 12.8 Å². The molecule has 0 aromatic carbocycles. The van der Waals surface area contributed by atoms with Gasteiger partial charge in [-0.15, -0.1) is 0 Å². The molecule has 1 heterocycles. The molecular formula is C7H10N2O. The second-order valence-corrected chi connectivity index (χ2v) is 3.05. The fraction of sp³-hybridized carbons (Fsp3) is 0.714. The van der Waals surface area contributed by atoms with Crippen LogP contribution in [0.1, 0.15) is 25.7 Å². The lowest BCUT2D eigenvalue weighted by atomic mass is 10.0. The van der Waals surface area contributed by atoms with Crippen LogP contribution in [-0.2, 0) is 0 Å². The molecule has 2 amide bonds. The van der Waals surface area contributed by atoms with Crippen LogP contribution in [0.4, 0.5) is 4.79 Å². The van der Waals surface area contributed by atoms with Crippen molar-refractivity contribution in [1.82, 2.24) is 5.32 Å². The maximum atomic E-state index is 10.7. The maximum Gasteiger partial charge on any atom is 0.341 e. The van der Waals surface area contributed by atoms with Crippen LogP contribution in [0.3, 0.4) is 0 Å². The summed E-state index contributed by atoms with van der Waals surface area (Å²) < 4.78 is 0. The lowest BCUT2D eigenvalue weighted by molar-refractivity contribution is 0.246. The molecule has 0 saturated heterocycles. The Kier molecular flexibility index (Phi) is 1.07. The molecule has 10 heavy (non-hydrogen) atoms. The van der Waals surface area contributed by atoms with E-state index >= 15 is 0 Å². The number of nitrogens with one attached hydrogen (secondary N) is 1. The molecular weight excluding hydrogens is 128 g/mol. The average molecular weight is 138 g/mol. The van der Waals surface area contributed by atoms with E-state index in [4.69, 9.17) is 0 Å². The van der Waals surface area contributed by atoms with Crippen molar-refractivity contribution < 1.29 is 4.79 Å². The highest BCUT2D eigenvalue weighted by atomic mass is 16.2. The van der Waals surface area contributed by atoms with Crippen LogP contribution >= 0.6 is 0 Å². The van der Waals surface area contributed by atoms with Crippen LogP contribution in [0.25, 0.3) is 0 Å². The minimum absolute atomic E-state index is 0.0307. The van der Waals surface area contributed by atoms with E-state index in [9.17, 15) is 4.79 Å². The van der Waals surface area contributed by atoms with Gasteiger partial charge in [-0.25, -0.2) is 9.79 Å². The van der Waals surface area contributed by atoms with Crippen LogP contribution in [0.5, 0.6) is 0 Å². The molecule has 54 valence electrons. The number of rotatable bonds is 0. The van der Waals surface area contributed by atoms with Gasteiger partial charge in [0, 0.05) is 6.21 Å². The highest BCUT2D eigenvalue weighted by molar-refractivity contribution is 5.95. The molecule has 0 aromatic heterocycles. The third-order valence-electron chi connectivity index (χ3n) is 2.28. The topological polar surface area (TPSA) is 41.5 Å². The first-order chi connectivity index (χ1) is 4.81. The van der Waals surface area contributed by atoms with E-state index in [-0.39, 0.29) is 11.6 Å². The predicted molar refractivity (Wildman–Crippen MR) is 38.2 cm³/mol. The van der Waals surface area contributed by atoms with E-state index in [1.165, 1.54) is 12.8 Å². The van der Waals surface area contributed by atoms with Crippen LogP contribution in [-0.4, -0.2) is 17.8 Å². The second kappa shape index (κ2) is 1.81. The summed E-state index contributed by atoms with van der Waals surface area (Å²) in [4.78, 5) is 14.4. The molecule has 1 aliphatic heterocycles. The van der Waals surface area contributed by atoms with Gasteiger partial charge < -0.3 is 5.32 Å². The third kappa shape index (κ3) is 0.735. The molecule has 0 aromatic rings. The highest BCUT2D eigenvalue weighted by Gasteiger charge is 2.36. The van der Waals surface area contributed by atoms with Crippen molar-refractivity contribution in [1.29, 1.82) is 0 Å². The summed E-state index contributed by atoms with van der Waals surface area (Å²) >= 11 is 0. The lowest BCUT2D eigenvalue weighted by Gasteiger charge is -2.18. The lowest BCUT2D eigenvalue weighted by Crippen LogP contribution is -2.41. The van der Waals surface area contributed by atoms with Gasteiger partial charge >= 0.3 is 6.03 Å². The standard InChI is InChI=1S/C7H10N2O/c10-6-8-5-7(9-6)3-1-2-4-7/h5H,1-4H2,(H,9,10). The molecule has 3 heteroatoms. The Bertz CT molecular complexity index is 192. The molecule has 2 aliphatic rings. The zero-order valence-electron chi connectivity index (χ0n) is 5.76. The molecule has 1 aliphatic carbocycles. The molecule has 1 saturated carbocycles. The van der Waals surface area contributed by atoms with Gasteiger partial charge in [-0.05, 0) is 12.8 Å². The number of amides is 2. The number of urea groups is 1. The summed E-state index contributed by atoms with van der Waals surface area (Å²) in [6.45, 7) is 0. The minimum atomic E-state index is -0.165. The first-order valence-electron chi connectivity index (χ1n) is 3.68. The van der Waals surface area contributed by atoms with Crippen molar-refractivity contribution in [3.8, 4) is 0 Å². The van der Waals surface area contributed by atoms with Crippen molar-refractivity contribution in [3.05, 3.63) is 0 Å². The van der Waals surface area contributed by atoms with E-state index in [1.54, 1.807) is 6.21 Å². The van der Waals surface area contributed by atoms with E-state index in [2.05, 4.69) is 10.3 Å². The molecule has 1 spiro atoms. The van der Waals surface area contributed by atoms with Crippen molar-refractivity contribution in [2.75, 3.05) is 0 Å². The van der Waals surface area contributed by atoms with Gasteiger partial charge in [0.1, 0.15) is 0 Å². The Hall–Kier alpha value is -0.860. The predicted octanol–water partition coefficient (Wildman–Crippen LogP) is 1.09. The monoisotopic (exact) mass is 138 g/mol. The summed E-state index contributed by atoms with van der Waals surface area (Å²) in [5, 5.41) is 2.87. The third-order valence-corrected chi connectivity index (χ3v) is 2.28. The maximum absolute atomic E-state index is 10.7. The SMILES string of the molecule is O=C1N=CC2(CCCC2)N1. The minimum Gasteiger partial charge on any atom is -0.326 e. The van der Waals surface area contributed by atoms with Gasteiger partial charge in [0.2, 0.25) is 0 Å². The summed E-state index contributed by atoms with van der Waals surface area (Å²) in [6.07, 6.45) is 6.35. The highest BCUT2D eigenvalue weighted by Crippen LogP contribution is 2.29. The van der Waals surface area contributed by atoms with E-state index in [0.29, 0.717) is 0 Å². The summed E-state index contributed by atoms with van der Waals surface area (Å²) in [6, 6.07) is -0.165. The van der Waals surface area contributed by atoms with Crippen LogP contribution in [0.15, 0.2) is 4.99 Å². The number of carbonyl (C=O) groups excluding carboxylic acids is 1. The fourth-order valence-corrected chi connectivity index (χ4v) is 1.72. The number of nitrogens with zero attached hydrogens (tertiary/aromatic N) is 1. The fourth-order valence-electron chi connectivity index (χ4n) is 1.72. The molecule has 2 rings (SSSR count). The first-order valence-corrected chi connectivity index (χ1v) is 3.68. The zero-order chi connectivity index (χ0) is 7.03. The Morgan fingerprint density at radius 3 is 2.70 bits per heavy atom. The molecule has 1 N–H and O–H groups in total. The van der Waals surface area contributed by atoms with Crippen LogP contribution < -0.4 is 5.32 Å². The van der Waals surface area contributed by atoms with Crippen molar-refractivity contribution in [3.63, 3.8) is 0 Å². The van der Waals surface area contributed by atoms with Crippen molar-refractivity contribution in [2.45, 2.75) is 31.2 Å². The van der Waals surface area contributed by atoms with E-state index in [0.717, 1.165) is 12.8 Å². The second-order valence-electron chi connectivity index (χ2n) is 3.05. The van der Waals surface area contributed by atoms with Gasteiger partial charge in [0.05, 0.1) is 5.54 Å². The Labute approximate surface area is 59.5 Å². The quantitative estimate of drug-likeness (QED) is 0.535. The Balaban J connectivity index is 2.18. The summed E-state index contributed by atoms with van der Waals surface area (Å²) in [5.74, 6) is 0. The van der Waals surface area contributed by atoms with Gasteiger partial charge in [-0.3, -0.25) is 0 Å². The average Bonchev–Trinajstić information content (AvgIpc) is 2.46. The van der Waals surface area contributed by atoms with Crippen molar-refractivity contribution in [2.24, 2.45) is 4.99 Å². The number of carbonyl (C=O) groups is 1. The molecule has 0 unspecified atom stereocenters. The number of hydrogen-bond acceptors (Lipinski definition) is 1. The Morgan fingerprint density at radius 2 is 2.20 bits per heavy atom. The summed E-state index contributed by atoms with van der Waals surface area (Å²) in [5.41, 5.74) is -0.0307. The molecule has 0 atom stereocenters.